The molecule has 4 N–H and O–H groups in total. The molecule has 0 bridgehead atoms. The van der Waals surface area contributed by atoms with E-state index >= 15 is 0 Å². The molecule has 0 aliphatic carbocycles. The maximum atomic E-state index is 10.0. The first kappa shape index (κ1) is 13.0. The Balaban J connectivity index is 2.00. The van der Waals surface area contributed by atoms with Gasteiger partial charge in [-0.3, -0.25) is 0 Å². The second-order valence-electron chi connectivity index (χ2n) is 4.66. The Kier molecular flexibility index (Phi) is 2.64. The Morgan fingerprint density at radius 2 is 1.87 bits per heavy atom. The number of imidazole rings is 1. The second kappa shape index (κ2) is 4.66. The third-order valence-electron chi connectivity index (χ3n) is 3.28. The summed E-state index contributed by atoms with van der Waals surface area (Å²) in [6, 6.07) is 3.58. The summed E-state index contributed by atoms with van der Waals surface area (Å²) < 4.78 is 1.23. The van der Waals surface area contributed by atoms with E-state index in [0.717, 1.165) is 6.07 Å². The summed E-state index contributed by atoms with van der Waals surface area (Å²) in [6.45, 7) is 0. The maximum Gasteiger partial charge on any atom is 0.320 e. The first-order valence-corrected chi connectivity index (χ1v) is 6.46. The van der Waals surface area contributed by atoms with Crippen molar-refractivity contribution in [3.63, 3.8) is 0 Å². The van der Waals surface area contributed by atoms with Crippen LogP contribution in [0.3, 0.4) is 0 Å². The van der Waals surface area contributed by atoms with Crippen LogP contribution in [0.4, 0.5) is 0 Å². The van der Waals surface area contributed by atoms with Gasteiger partial charge in [-0.2, -0.15) is 0 Å². The molecule has 23 heavy (non-hydrogen) atoms. The molecule has 10 nitrogen and oxygen atoms in total. The van der Waals surface area contributed by atoms with Gasteiger partial charge in [0.2, 0.25) is 0 Å². The van der Waals surface area contributed by atoms with Crippen molar-refractivity contribution in [1.82, 2.24) is 34.7 Å². The molecule has 0 unspecified atom stereocenters. The van der Waals surface area contributed by atoms with Crippen molar-refractivity contribution >= 4 is 11.2 Å². The van der Waals surface area contributed by atoms with Crippen LogP contribution in [0.25, 0.3) is 28.4 Å². The number of aromatic amines is 1. The van der Waals surface area contributed by atoms with Crippen molar-refractivity contribution in [2.45, 2.75) is 0 Å². The number of phenolic OH excluding ortho intramolecular Hbond substituents is 2. The molecule has 0 spiro atoms. The monoisotopic (exact) mass is 311 g/mol. The minimum absolute atomic E-state index is 0.0988. The van der Waals surface area contributed by atoms with Gasteiger partial charge in [-0.15, -0.1) is 5.10 Å². The largest absolute Gasteiger partial charge is 0.508 e. The number of fused-ring (bicyclic) bond motifs is 1. The first-order chi connectivity index (χ1) is 11.1. The van der Waals surface area contributed by atoms with Crippen molar-refractivity contribution < 1.29 is 15.3 Å². The molecule has 0 saturated carbocycles. The van der Waals surface area contributed by atoms with E-state index in [4.69, 9.17) is 0 Å². The smallest absolute Gasteiger partial charge is 0.320 e. The van der Waals surface area contributed by atoms with Gasteiger partial charge in [0, 0.05) is 6.07 Å². The number of H-pyrrole nitrogens is 1. The molecular weight excluding hydrogens is 302 g/mol. The number of nitrogens with one attached hydrogen (secondary N) is 1. The van der Waals surface area contributed by atoms with Crippen molar-refractivity contribution in [3.05, 3.63) is 30.9 Å². The van der Waals surface area contributed by atoms with Gasteiger partial charge in [-0.25, -0.2) is 19.5 Å². The number of aromatic hydroxyl groups is 3. The zero-order valence-corrected chi connectivity index (χ0v) is 11.4. The number of aromatic nitrogens is 7. The van der Waals surface area contributed by atoms with E-state index in [1.165, 1.54) is 29.4 Å². The third-order valence-corrected chi connectivity index (χ3v) is 3.28. The Morgan fingerprint density at radius 3 is 2.70 bits per heavy atom. The SMILES string of the molecule is Oc1ccc(-c2nnc(O)n2-c2ncnc3[nH]cnc23)c(O)c1. The molecule has 114 valence electrons. The van der Waals surface area contributed by atoms with Crippen LogP contribution in [0, 0.1) is 0 Å². The molecule has 4 aromatic rings. The molecule has 0 atom stereocenters. The van der Waals surface area contributed by atoms with Crippen molar-refractivity contribution in [2.24, 2.45) is 0 Å². The molecule has 0 aliphatic rings. The van der Waals surface area contributed by atoms with Crippen LogP contribution in [0.15, 0.2) is 30.9 Å². The lowest BCUT2D eigenvalue weighted by Crippen LogP contribution is -2.02. The van der Waals surface area contributed by atoms with Crippen LogP contribution in [-0.2, 0) is 0 Å². The highest BCUT2D eigenvalue weighted by Crippen LogP contribution is 2.34. The summed E-state index contributed by atoms with van der Waals surface area (Å²) in [7, 11) is 0. The number of rotatable bonds is 2. The van der Waals surface area contributed by atoms with E-state index in [2.05, 4.69) is 30.1 Å². The molecule has 0 amide bonds. The highest BCUT2D eigenvalue weighted by Gasteiger charge is 2.21. The lowest BCUT2D eigenvalue weighted by Gasteiger charge is -2.08. The van der Waals surface area contributed by atoms with E-state index in [-0.39, 0.29) is 28.7 Å². The molecule has 10 heteroatoms. The topological polar surface area (TPSA) is 146 Å². The Hall–Kier alpha value is -3.69. The minimum Gasteiger partial charge on any atom is -0.508 e. The predicted octanol–water partition coefficient (Wildman–Crippen LogP) is 0.717. The highest BCUT2D eigenvalue weighted by atomic mass is 16.3. The lowest BCUT2D eigenvalue weighted by atomic mass is 10.2. The summed E-state index contributed by atoms with van der Waals surface area (Å²) in [6.07, 6.45) is 2.75. The zero-order valence-electron chi connectivity index (χ0n) is 11.4. The number of phenols is 2. The van der Waals surface area contributed by atoms with E-state index in [1.54, 1.807) is 0 Å². The summed E-state index contributed by atoms with van der Waals surface area (Å²) in [5.41, 5.74) is 1.14. The number of hydrogen-bond donors (Lipinski definition) is 4. The highest BCUT2D eigenvalue weighted by molar-refractivity contribution is 5.79. The third kappa shape index (κ3) is 1.92. The summed E-state index contributed by atoms with van der Waals surface area (Å²) in [5.74, 6) is 0.0773. The van der Waals surface area contributed by atoms with Gasteiger partial charge in [0.05, 0.1) is 11.9 Å². The second-order valence-corrected chi connectivity index (χ2v) is 4.66. The fraction of sp³-hybridized carbons (Fsp3) is 0. The van der Waals surface area contributed by atoms with Gasteiger partial charge in [-0.05, 0) is 12.1 Å². The van der Waals surface area contributed by atoms with Crippen LogP contribution in [0.5, 0.6) is 17.5 Å². The first-order valence-electron chi connectivity index (χ1n) is 6.46. The molecule has 1 aromatic carbocycles. The van der Waals surface area contributed by atoms with E-state index in [9.17, 15) is 15.3 Å². The van der Waals surface area contributed by atoms with Crippen molar-refractivity contribution in [2.75, 3.05) is 0 Å². The van der Waals surface area contributed by atoms with E-state index in [0.29, 0.717) is 11.2 Å². The molecule has 3 heterocycles. The summed E-state index contributed by atoms with van der Waals surface area (Å²) >= 11 is 0. The molecule has 0 aliphatic heterocycles. The quantitative estimate of drug-likeness (QED) is 0.423. The molecule has 4 rings (SSSR count). The minimum atomic E-state index is -0.421. The Morgan fingerprint density at radius 1 is 1.00 bits per heavy atom. The van der Waals surface area contributed by atoms with Crippen molar-refractivity contribution in [3.8, 4) is 34.7 Å². The number of benzene rings is 1. The average molecular weight is 311 g/mol. The Bertz CT molecular complexity index is 1020. The zero-order chi connectivity index (χ0) is 16.0. The molecule has 0 saturated heterocycles. The van der Waals surface area contributed by atoms with Crippen LogP contribution < -0.4 is 0 Å². The fourth-order valence-electron chi connectivity index (χ4n) is 2.27. The predicted molar refractivity (Wildman–Crippen MR) is 77.0 cm³/mol. The molecule has 3 aromatic heterocycles. The van der Waals surface area contributed by atoms with Gasteiger partial charge >= 0.3 is 6.01 Å². The normalized spacial score (nSPS) is 11.1. The van der Waals surface area contributed by atoms with Gasteiger partial charge in [0.1, 0.15) is 17.8 Å². The van der Waals surface area contributed by atoms with Crippen LogP contribution in [-0.4, -0.2) is 50.0 Å². The summed E-state index contributed by atoms with van der Waals surface area (Å²) in [5, 5.41) is 37.0. The molecule has 0 fully saturated rings. The summed E-state index contributed by atoms with van der Waals surface area (Å²) in [4.78, 5) is 15.1. The Labute approximate surface area is 127 Å². The van der Waals surface area contributed by atoms with Gasteiger partial charge in [0.25, 0.3) is 0 Å². The van der Waals surface area contributed by atoms with Crippen molar-refractivity contribution in [1.29, 1.82) is 0 Å². The average Bonchev–Trinajstić information content (AvgIpc) is 3.14. The molecular formula is C13H9N7O3. The fourth-order valence-corrected chi connectivity index (χ4v) is 2.27. The molecule has 0 radical (unpaired) electrons. The van der Waals surface area contributed by atoms with Crippen LogP contribution in [0.2, 0.25) is 0 Å². The van der Waals surface area contributed by atoms with E-state index in [1.807, 2.05) is 0 Å². The standard InChI is InChI=1S/C13H9N7O3/c21-6-1-2-7(8(22)3-6)11-18-19-13(23)20(11)12-9-10(15-4-14-9)16-5-17-12/h1-5,21-22H,(H,19,23)(H,14,15,16,17). The van der Waals surface area contributed by atoms with Gasteiger partial charge < -0.3 is 20.3 Å². The lowest BCUT2D eigenvalue weighted by molar-refractivity contribution is 0.419. The van der Waals surface area contributed by atoms with Gasteiger partial charge in [-0.1, -0.05) is 5.10 Å². The number of hydrogen-bond acceptors (Lipinski definition) is 8. The number of nitrogens with zero attached hydrogens (tertiary/aromatic N) is 6. The van der Waals surface area contributed by atoms with E-state index < -0.39 is 6.01 Å². The van der Waals surface area contributed by atoms with Crippen LogP contribution >= 0.6 is 0 Å². The van der Waals surface area contributed by atoms with Crippen LogP contribution in [0.1, 0.15) is 0 Å². The maximum absolute atomic E-state index is 10.0. The van der Waals surface area contributed by atoms with Gasteiger partial charge in [0.15, 0.2) is 22.8 Å².